The van der Waals surface area contributed by atoms with Gasteiger partial charge in [0.15, 0.2) is 0 Å². The summed E-state index contributed by atoms with van der Waals surface area (Å²) in [6, 6.07) is -0.870. The van der Waals surface area contributed by atoms with Gasteiger partial charge in [-0.05, 0) is 6.42 Å². The van der Waals surface area contributed by atoms with Crippen molar-refractivity contribution in [3.8, 4) is 0 Å². The first-order valence-electron chi connectivity index (χ1n) is 4.64. The van der Waals surface area contributed by atoms with E-state index in [1.54, 1.807) is 0 Å². The van der Waals surface area contributed by atoms with Crippen molar-refractivity contribution in [2.45, 2.75) is 25.3 Å². The van der Waals surface area contributed by atoms with Gasteiger partial charge in [-0.2, -0.15) is 0 Å². The first-order valence-corrected chi connectivity index (χ1v) is 5.09. The number of aliphatic carboxylic acids is 1. The number of nitrogens with two attached hydrogens (primary N) is 1. The highest BCUT2D eigenvalue weighted by atomic mass is 32.1. The first kappa shape index (κ1) is 14.7. The average Bonchev–Trinajstić information content (AvgIpc) is 2.17. The van der Waals surface area contributed by atoms with Crippen molar-refractivity contribution in [3.05, 3.63) is 0 Å². The van der Waals surface area contributed by atoms with E-state index in [0.29, 0.717) is 0 Å². The highest BCUT2D eigenvalue weighted by molar-refractivity contribution is 7.78. The van der Waals surface area contributed by atoms with Crippen molar-refractivity contribution in [1.82, 2.24) is 10.0 Å². The number of carbonyl (C=O) groups excluding carboxylic acids is 2. The Bertz CT molecular complexity index is 272. The molecule has 0 aliphatic carbocycles. The average molecular weight is 249 g/mol. The number of carboxylic acid groups (broad SMARTS) is 1. The van der Waals surface area contributed by atoms with Gasteiger partial charge in [0.1, 0.15) is 6.04 Å². The summed E-state index contributed by atoms with van der Waals surface area (Å²) in [4.78, 5) is 32.1. The van der Waals surface area contributed by atoms with Crippen LogP contribution in [-0.4, -0.2) is 35.5 Å². The van der Waals surface area contributed by atoms with E-state index < -0.39 is 17.9 Å². The number of hydrogen-bond acceptors (Lipinski definition) is 5. The molecular formula is C8H15N3O4S. The molecule has 0 aromatic carbocycles. The Kier molecular flexibility index (Phi) is 7.31. The number of thiol groups is 1. The number of rotatable bonds is 8. The van der Waals surface area contributed by atoms with E-state index in [4.69, 9.17) is 10.8 Å². The maximum absolute atomic E-state index is 11.2. The highest BCUT2D eigenvalue weighted by Crippen LogP contribution is 1.98. The Morgan fingerprint density at radius 3 is 2.38 bits per heavy atom. The molecule has 0 bridgehead atoms. The van der Waals surface area contributed by atoms with Crippen LogP contribution < -0.4 is 15.8 Å². The summed E-state index contributed by atoms with van der Waals surface area (Å²) in [6.45, 7) is 0.167. The van der Waals surface area contributed by atoms with E-state index in [-0.39, 0.29) is 31.7 Å². The number of hydrogen-bond donors (Lipinski definition) is 5. The summed E-state index contributed by atoms with van der Waals surface area (Å²) in [5.41, 5.74) is 4.87. The molecule has 0 aromatic rings. The summed E-state index contributed by atoms with van der Waals surface area (Å²) >= 11 is 3.63. The Morgan fingerprint density at radius 2 is 1.94 bits per heavy atom. The lowest BCUT2D eigenvalue weighted by molar-refractivity contribution is -0.139. The van der Waals surface area contributed by atoms with Crippen molar-refractivity contribution >= 4 is 30.6 Å². The molecule has 16 heavy (non-hydrogen) atoms. The molecule has 1 atom stereocenters. The molecule has 0 saturated heterocycles. The van der Waals surface area contributed by atoms with Crippen molar-refractivity contribution in [1.29, 1.82) is 0 Å². The molecule has 2 amide bonds. The maximum atomic E-state index is 11.2. The van der Waals surface area contributed by atoms with Gasteiger partial charge in [-0.25, -0.2) is 0 Å². The predicted molar refractivity (Wildman–Crippen MR) is 59.6 cm³/mol. The van der Waals surface area contributed by atoms with Crippen LogP contribution in [0.2, 0.25) is 0 Å². The van der Waals surface area contributed by atoms with Crippen molar-refractivity contribution in [3.63, 3.8) is 0 Å². The van der Waals surface area contributed by atoms with E-state index in [0.717, 1.165) is 0 Å². The van der Waals surface area contributed by atoms with Gasteiger partial charge in [0.05, 0.1) is 0 Å². The van der Waals surface area contributed by atoms with Crippen LogP contribution in [0.4, 0.5) is 0 Å². The molecule has 7 nitrogen and oxygen atoms in total. The summed E-state index contributed by atoms with van der Waals surface area (Å²) in [7, 11) is 0. The Hall–Kier alpha value is -1.28. The van der Waals surface area contributed by atoms with Crippen molar-refractivity contribution in [2.75, 3.05) is 6.54 Å². The summed E-state index contributed by atoms with van der Waals surface area (Å²) in [6.07, 6.45) is 0.240. The fourth-order valence-electron chi connectivity index (χ4n) is 0.932. The van der Waals surface area contributed by atoms with Gasteiger partial charge < -0.3 is 16.2 Å². The molecule has 0 unspecified atom stereocenters. The smallest absolute Gasteiger partial charge is 0.321 e. The summed E-state index contributed by atoms with van der Waals surface area (Å²) in [5.74, 6) is -1.89. The quantitative estimate of drug-likeness (QED) is 0.340. The molecule has 0 aliphatic rings. The van der Waals surface area contributed by atoms with E-state index in [2.05, 4.69) is 22.9 Å². The van der Waals surface area contributed by atoms with Crippen LogP contribution in [0.5, 0.6) is 0 Å². The lowest BCUT2D eigenvalue weighted by Crippen LogP contribution is -2.33. The zero-order chi connectivity index (χ0) is 12.6. The second-order valence-electron chi connectivity index (χ2n) is 3.12. The standard InChI is InChI=1S/C8H15N3O4S/c9-6(12)3-4-10-7(13)2-1-5(11-16)8(14)15/h5,11,16H,1-4H2,(H2,9,12)(H,10,13)(H,14,15)/t5-/m0/s1. The molecule has 5 N–H and O–H groups in total. The third-order valence-corrected chi connectivity index (χ3v) is 2.12. The largest absolute Gasteiger partial charge is 0.480 e. The van der Waals surface area contributed by atoms with Crippen LogP contribution in [0, 0.1) is 0 Å². The molecule has 0 aliphatic heterocycles. The zero-order valence-corrected chi connectivity index (χ0v) is 9.50. The van der Waals surface area contributed by atoms with Crippen LogP contribution >= 0.6 is 12.8 Å². The van der Waals surface area contributed by atoms with Gasteiger partial charge >= 0.3 is 5.97 Å². The van der Waals surface area contributed by atoms with Gasteiger partial charge in [-0.15, -0.1) is 0 Å². The third-order valence-electron chi connectivity index (χ3n) is 1.81. The summed E-state index contributed by atoms with van der Waals surface area (Å²) < 4.78 is 2.27. The number of nitrogens with one attached hydrogen (secondary N) is 2. The SMILES string of the molecule is NC(=O)CCNC(=O)CC[C@H](NS)C(=O)O. The summed E-state index contributed by atoms with van der Waals surface area (Å²) in [5, 5.41) is 11.1. The Balaban J connectivity index is 3.71. The minimum Gasteiger partial charge on any atom is -0.480 e. The van der Waals surface area contributed by atoms with Gasteiger partial charge in [-0.3, -0.25) is 19.1 Å². The maximum Gasteiger partial charge on any atom is 0.321 e. The predicted octanol–water partition coefficient (Wildman–Crippen LogP) is -1.35. The molecule has 92 valence electrons. The van der Waals surface area contributed by atoms with Gasteiger partial charge in [0.2, 0.25) is 11.8 Å². The molecule has 0 saturated carbocycles. The van der Waals surface area contributed by atoms with Crippen LogP contribution in [0.1, 0.15) is 19.3 Å². The van der Waals surface area contributed by atoms with Gasteiger partial charge in [0, 0.05) is 19.4 Å². The monoisotopic (exact) mass is 249 g/mol. The number of carbonyl (C=O) groups is 3. The van der Waals surface area contributed by atoms with Crippen LogP contribution in [0.3, 0.4) is 0 Å². The lowest BCUT2D eigenvalue weighted by Gasteiger charge is -2.09. The minimum absolute atomic E-state index is 0.0449. The molecule has 0 rings (SSSR count). The van der Waals surface area contributed by atoms with Gasteiger partial charge in [-0.1, -0.05) is 12.8 Å². The number of amides is 2. The first-order chi connectivity index (χ1) is 7.47. The fraction of sp³-hybridized carbons (Fsp3) is 0.625. The zero-order valence-electron chi connectivity index (χ0n) is 8.60. The normalized spacial score (nSPS) is 11.8. The highest BCUT2D eigenvalue weighted by Gasteiger charge is 2.16. The molecule has 0 heterocycles. The van der Waals surface area contributed by atoms with Gasteiger partial charge in [0.25, 0.3) is 0 Å². The molecule has 8 heteroatoms. The second-order valence-corrected chi connectivity index (χ2v) is 3.38. The van der Waals surface area contributed by atoms with Crippen molar-refractivity contribution < 1.29 is 19.5 Å². The Morgan fingerprint density at radius 1 is 1.31 bits per heavy atom. The Labute approximate surface area is 98.3 Å². The van der Waals surface area contributed by atoms with E-state index in [9.17, 15) is 14.4 Å². The molecule has 0 spiro atoms. The molecule has 0 radical (unpaired) electrons. The lowest BCUT2D eigenvalue weighted by atomic mass is 10.1. The molecule has 0 fully saturated rings. The second kappa shape index (κ2) is 7.94. The van der Waals surface area contributed by atoms with Crippen LogP contribution in [0.15, 0.2) is 0 Å². The fourth-order valence-corrected chi connectivity index (χ4v) is 1.17. The van der Waals surface area contributed by atoms with Crippen LogP contribution in [-0.2, 0) is 14.4 Å². The van der Waals surface area contributed by atoms with E-state index >= 15 is 0 Å². The topological polar surface area (TPSA) is 122 Å². The number of carboxylic acids is 1. The molecular weight excluding hydrogens is 234 g/mol. The minimum atomic E-state index is -1.07. The van der Waals surface area contributed by atoms with Crippen LogP contribution in [0.25, 0.3) is 0 Å². The van der Waals surface area contributed by atoms with Crippen molar-refractivity contribution in [2.24, 2.45) is 5.73 Å². The molecule has 0 aromatic heterocycles. The van der Waals surface area contributed by atoms with E-state index in [1.807, 2.05) is 0 Å². The van der Waals surface area contributed by atoms with E-state index in [1.165, 1.54) is 0 Å². The number of primary amides is 1. The third kappa shape index (κ3) is 7.07.